The van der Waals surface area contributed by atoms with E-state index in [1.165, 1.54) is 27.8 Å². The topological polar surface area (TPSA) is 25.8 Å². The van der Waals surface area contributed by atoms with Gasteiger partial charge >= 0.3 is 0 Å². The Morgan fingerprint density at radius 3 is 1.96 bits per heavy atom. The van der Waals surface area contributed by atoms with Crippen LogP contribution < -0.4 is 0 Å². The maximum Gasteiger partial charge on any atom is 0.0709 e. The van der Waals surface area contributed by atoms with Gasteiger partial charge in [-0.3, -0.25) is 4.98 Å². The first-order valence-electron chi connectivity index (χ1n) is 17.5. The summed E-state index contributed by atoms with van der Waals surface area (Å²) in [7, 11) is 0. The Hall–Kier alpha value is -5.60. The lowest BCUT2D eigenvalue weighted by molar-refractivity contribution is 0.627. The predicted octanol–water partition coefficient (Wildman–Crippen LogP) is 13.7. The summed E-state index contributed by atoms with van der Waals surface area (Å²) >= 11 is 0. The molecule has 4 rings (SSSR count). The summed E-state index contributed by atoms with van der Waals surface area (Å²) in [6, 6.07) is 24.1. The van der Waals surface area contributed by atoms with E-state index in [1.807, 2.05) is 93.8 Å². The average Bonchev–Trinajstić information content (AvgIpc) is 3.12. The van der Waals surface area contributed by atoms with E-state index in [-0.39, 0.29) is 5.41 Å². The summed E-state index contributed by atoms with van der Waals surface area (Å²) in [5.41, 5.74) is 14.1. The number of allylic oxidation sites excluding steroid dienone is 15. The maximum absolute atomic E-state index is 4.97. The van der Waals surface area contributed by atoms with Crippen molar-refractivity contribution in [2.24, 2.45) is 0 Å². The first-order chi connectivity index (χ1) is 24.4. The molecule has 2 aromatic carbocycles. The normalized spacial score (nSPS) is 12.3. The van der Waals surface area contributed by atoms with Crippen molar-refractivity contribution in [3.63, 3.8) is 0 Å². The van der Waals surface area contributed by atoms with Gasteiger partial charge in [0.1, 0.15) is 0 Å². The maximum atomic E-state index is 4.97. The minimum Gasteiger partial charge on any atom is -0.261 e. The third kappa shape index (κ3) is 11.5. The van der Waals surface area contributed by atoms with Gasteiger partial charge < -0.3 is 0 Å². The summed E-state index contributed by atoms with van der Waals surface area (Å²) in [6.45, 7) is 28.7. The molecule has 2 heteroatoms. The molecule has 4 aromatic rings. The fraction of sp³-hybridized carbons (Fsp3) is 0.184. The molecule has 260 valence electrons. The van der Waals surface area contributed by atoms with Gasteiger partial charge in [0.15, 0.2) is 0 Å². The first kappa shape index (κ1) is 39.8. The zero-order chi connectivity index (χ0) is 37.4. The second kappa shape index (κ2) is 19.6. The highest BCUT2D eigenvalue weighted by Crippen LogP contribution is 2.38. The van der Waals surface area contributed by atoms with Crippen LogP contribution in [0, 0.1) is 13.8 Å². The summed E-state index contributed by atoms with van der Waals surface area (Å²) in [5.74, 6) is 0. The van der Waals surface area contributed by atoms with Gasteiger partial charge in [-0.25, -0.2) is 4.98 Å². The van der Waals surface area contributed by atoms with E-state index < -0.39 is 0 Å². The largest absolute Gasteiger partial charge is 0.261 e. The highest BCUT2D eigenvalue weighted by atomic mass is 14.7. The van der Waals surface area contributed by atoms with E-state index in [9.17, 15) is 0 Å². The molecule has 0 aliphatic carbocycles. The first-order valence-corrected chi connectivity index (χ1v) is 17.5. The minimum atomic E-state index is -0.185. The van der Waals surface area contributed by atoms with Gasteiger partial charge in [0.2, 0.25) is 0 Å². The molecule has 0 saturated carbocycles. The molecule has 0 radical (unpaired) electrons. The summed E-state index contributed by atoms with van der Waals surface area (Å²) in [4.78, 5) is 9.55. The van der Waals surface area contributed by atoms with Crippen LogP contribution in [-0.4, -0.2) is 9.97 Å². The number of rotatable bonds is 12. The van der Waals surface area contributed by atoms with Crippen molar-refractivity contribution in [1.82, 2.24) is 9.97 Å². The van der Waals surface area contributed by atoms with E-state index in [0.29, 0.717) is 0 Å². The van der Waals surface area contributed by atoms with Crippen molar-refractivity contribution in [2.45, 2.75) is 60.8 Å². The molecular formula is C49H54N2. The summed E-state index contributed by atoms with van der Waals surface area (Å²) in [6.07, 6.45) is 25.5. The molecule has 2 nitrogen and oxygen atoms in total. The van der Waals surface area contributed by atoms with Gasteiger partial charge in [0.25, 0.3) is 0 Å². The van der Waals surface area contributed by atoms with Crippen LogP contribution >= 0.6 is 0 Å². The Balaban J connectivity index is 0.000000783. The van der Waals surface area contributed by atoms with E-state index >= 15 is 0 Å². The number of nitrogens with zero attached hydrogens (tertiary/aromatic N) is 2. The minimum absolute atomic E-state index is 0.185. The molecular weight excluding hydrogens is 617 g/mol. The van der Waals surface area contributed by atoms with Crippen LogP contribution in [0.15, 0.2) is 171 Å². The quantitative estimate of drug-likeness (QED) is 0.140. The second-order valence-corrected chi connectivity index (χ2v) is 13.1. The smallest absolute Gasteiger partial charge is 0.0709 e. The van der Waals surface area contributed by atoms with Crippen LogP contribution in [0.25, 0.3) is 33.4 Å². The van der Waals surface area contributed by atoms with Gasteiger partial charge in [-0.2, -0.15) is 0 Å². The lowest BCUT2D eigenvalue weighted by Crippen LogP contribution is -2.22. The van der Waals surface area contributed by atoms with Gasteiger partial charge in [0.05, 0.1) is 11.4 Å². The van der Waals surface area contributed by atoms with Gasteiger partial charge in [0, 0.05) is 17.3 Å². The molecule has 0 N–H and O–H groups in total. The molecule has 2 aromatic heterocycles. The zero-order valence-electron chi connectivity index (χ0n) is 31.9. The monoisotopic (exact) mass is 670 g/mol. The fourth-order valence-electron chi connectivity index (χ4n) is 5.77. The molecule has 51 heavy (non-hydrogen) atoms. The summed E-state index contributed by atoms with van der Waals surface area (Å²) in [5, 5.41) is 0. The number of hydrogen-bond acceptors (Lipinski definition) is 2. The van der Waals surface area contributed by atoms with E-state index in [4.69, 9.17) is 4.98 Å². The van der Waals surface area contributed by atoms with E-state index in [0.717, 1.165) is 44.9 Å². The molecule has 0 saturated heterocycles. The fourth-order valence-corrected chi connectivity index (χ4v) is 5.77. The number of aromatic nitrogens is 2. The Bertz CT molecular complexity index is 2020. The summed E-state index contributed by atoms with van der Waals surface area (Å²) < 4.78 is 0. The Morgan fingerprint density at radius 2 is 1.31 bits per heavy atom. The van der Waals surface area contributed by atoms with E-state index in [1.54, 1.807) is 6.08 Å². The standard InChI is InChI=1S/C41H42N2.C8H12/c1-9-11-13-17-30(4)39-27-36(28-40(43-39)31(5)18-14-12-10-2)34-20-15-19-33(25-34)35-23-22-29(3)38(26-35)41(7,8)37-21-16-24-42-32(37)6;1-4-5-6-7-8(2)3/h9-28H,1,5H2,2-4,6-8H3;4-7H,2H2,1,3H3/b12-10-,13-11-,18-14-,30-17+;5-4-,7-6-. The lowest BCUT2D eigenvalue weighted by atomic mass is 9.75. The third-order valence-electron chi connectivity index (χ3n) is 8.56. The molecule has 0 bridgehead atoms. The zero-order valence-corrected chi connectivity index (χ0v) is 31.9. The molecule has 0 amide bonds. The lowest BCUT2D eigenvalue weighted by Gasteiger charge is -2.29. The SMILES string of the molecule is C=C(C)/C=C\C=C/C.C=C/C=C\C=C(/C)c1cc(-c2cccc(-c3ccc(C)c(C(C)(C)c4cccnc4C)c3)c2)cc(C(=C)/C=C\C=C/C)n1. The van der Waals surface area contributed by atoms with Crippen LogP contribution in [0.3, 0.4) is 0 Å². The Kier molecular flexibility index (Phi) is 15.3. The second-order valence-electron chi connectivity index (χ2n) is 13.1. The van der Waals surface area contributed by atoms with Crippen LogP contribution in [-0.2, 0) is 5.41 Å². The third-order valence-corrected chi connectivity index (χ3v) is 8.56. The molecule has 0 fully saturated rings. The highest BCUT2D eigenvalue weighted by Gasteiger charge is 2.27. The number of benzene rings is 2. The highest BCUT2D eigenvalue weighted by molar-refractivity contribution is 5.80. The number of pyridine rings is 2. The Morgan fingerprint density at radius 1 is 0.667 bits per heavy atom. The molecule has 0 atom stereocenters. The van der Waals surface area contributed by atoms with Crippen LogP contribution in [0.4, 0.5) is 0 Å². The van der Waals surface area contributed by atoms with Crippen molar-refractivity contribution in [3.8, 4) is 22.3 Å². The van der Waals surface area contributed by atoms with Crippen molar-refractivity contribution < 1.29 is 0 Å². The number of hydrogen-bond donors (Lipinski definition) is 0. The van der Waals surface area contributed by atoms with Crippen molar-refractivity contribution in [3.05, 3.63) is 205 Å². The molecule has 0 unspecified atom stereocenters. The van der Waals surface area contributed by atoms with Gasteiger partial charge in [-0.05, 0) is 116 Å². The number of aryl methyl sites for hydroxylation is 2. The van der Waals surface area contributed by atoms with Crippen LogP contribution in [0.5, 0.6) is 0 Å². The van der Waals surface area contributed by atoms with Crippen molar-refractivity contribution in [2.75, 3.05) is 0 Å². The van der Waals surface area contributed by atoms with Crippen LogP contribution in [0.2, 0.25) is 0 Å². The van der Waals surface area contributed by atoms with Gasteiger partial charge in [-0.1, -0.05) is 155 Å². The Labute approximate surface area is 308 Å². The van der Waals surface area contributed by atoms with Crippen LogP contribution in [0.1, 0.15) is 75.3 Å². The van der Waals surface area contributed by atoms with E-state index in [2.05, 4.69) is 126 Å². The molecule has 0 spiro atoms. The molecule has 0 aliphatic heterocycles. The van der Waals surface area contributed by atoms with Crippen molar-refractivity contribution in [1.29, 1.82) is 0 Å². The molecule has 2 heterocycles. The molecule has 0 aliphatic rings. The predicted molar refractivity (Wildman–Crippen MR) is 226 cm³/mol. The average molecular weight is 671 g/mol. The van der Waals surface area contributed by atoms with Crippen molar-refractivity contribution >= 4 is 11.1 Å². The van der Waals surface area contributed by atoms with Gasteiger partial charge in [-0.15, -0.1) is 0 Å².